The second kappa shape index (κ2) is 5.42. The van der Waals surface area contributed by atoms with E-state index in [1.165, 1.54) is 0 Å². The minimum Gasteiger partial charge on any atom is -0.268 e. The highest BCUT2D eigenvalue weighted by Gasteiger charge is 2.07. The molecule has 3 nitrogen and oxygen atoms in total. The molecule has 0 amide bonds. The molecule has 0 saturated carbocycles. The first kappa shape index (κ1) is 13.4. The summed E-state index contributed by atoms with van der Waals surface area (Å²) in [6, 6.07) is 15.3. The Morgan fingerprint density at radius 1 is 0.750 bits per heavy atom. The van der Waals surface area contributed by atoms with E-state index in [9.17, 15) is 4.79 Å². The number of halogens is 2. The van der Waals surface area contributed by atoms with Crippen molar-refractivity contribution >= 4 is 31.9 Å². The summed E-state index contributed by atoms with van der Waals surface area (Å²) in [5.74, 6) is 0. The fourth-order valence-corrected chi connectivity index (χ4v) is 2.65. The normalized spacial score (nSPS) is 10.7. The molecule has 3 aromatic rings. The maximum Gasteiger partial charge on any atom is 0.337 e. The van der Waals surface area contributed by atoms with E-state index in [2.05, 4.69) is 31.9 Å². The lowest BCUT2D eigenvalue weighted by atomic mass is 10.3. The van der Waals surface area contributed by atoms with Crippen LogP contribution < -0.4 is 5.69 Å². The van der Waals surface area contributed by atoms with Crippen LogP contribution in [0.3, 0.4) is 0 Å². The van der Waals surface area contributed by atoms with Crippen molar-refractivity contribution in [2.75, 3.05) is 0 Å². The van der Waals surface area contributed by atoms with Crippen molar-refractivity contribution in [3.8, 4) is 11.4 Å². The number of rotatable bonds is 2. The number of hydrogen-bond acceptors (Lipinski definition) is 1. The van der Waals surface area contributed by atoms with Gasteiger partial charge in [-0.25, -0.2) is 4.79 Å². The number of imidazole rings is 1. The monoisotopic (exact) mass is 392 g/mol. The molecule has 0 unspecified atom stereocenters. The topological polar surface area (TPSA) is 26.9 Å². The van der Waals surface area contributed by atoms with Gasteiger partial charge in [-0.3, -0.25) is 9.13 Å². The van der Waals surface area contributed by atoms with Crippen LogP contribution in [0.2, 0.25) is 0 Å². The first-order valence-corrected chi connectivity index (χ1v) is 7.55. The standard InChI is InChI=1S/C15H10Br2N2O/c16-11-4-6-13(7-5-11)18-8-9-19(15(18)20)14-3-1-2-12(17)10-14/h1-10H. The van der Waals surface area contributed by atoms with E-state index in [0.717, 1.165) is 20.3 Å². The van der Waals surface area contributed by atoms with Gasteiger partial charge in [-0.15, -0.1) is 0 Å². The lowest BCUT2D eigenvalue weighted by Crippen LogP contribution is -2.21. The van der Waals surface area contributed by atoms with Crippen LogP contribution in [0.25, 0.3) is 11.4 Å². The van der Waals surface area contributed by atoms with Crippen LogP contribution in [-0.4, -0.2) is 9.13 Å². The number of aromatic nitrogens is 2. The average Bonchev–Trinajstić information content (AvgIpc) is 2.82. The maximum absolute atomic E-state index is 12.5. The van der Waals surface area contributed by atoms with Crippen molar-refractivity contribution < 1.29 is 0 Å². The van der Waals surface area contributed by atoms with Gasteiger partial charge < -0.3 is 0 Å². The zero-order valence-corrected chi connectivity index (χ0v) is 13.5. The molecule has 0 radical (unpaired) electrons. The third-order valence-electron chi connectivity index (χ3n) is 2.97. The van der Waals surface area contributed by atoms with E-state index in [4.69, 9.17) is 0 Å². The SMILES string of the molecule is O=c1n(-c2ccc(Br)cc2)ccn1-c1cccc(Br)c1. The van der Waals surface area contributed by atoms with Gasteiger partial charge in [0, 0.05) is 21.3 Å². The van der Waals surface area contributed by atoms with Crippen molar-refractivity contribution in [2.24, 2.45) is 0 Å². The summed E-state index contributed by atoms with van der Waals surface area (Å²) in [7, 11) is 0. The van der Waals surface area contributed by atoms with Gasteiger partial charge in [-0.2, -0.15) is 0 Å². The zero-order chi connectivity index (χ0) is 14.1. The van der Waals surface area contributed by atoms with Crippen molar-refractivity contribution in [2.45, 2.75) is 0 Å². The van der Waals surface area contributed by atoms with Crippen LogP contribution in [0.1, 0.15) is 0 Å². The second-order valence-electron chi connectivity index (χ2n) is 4.28. The van der Waals surface area contributed by atoms with Crippen molar-refractivity contribution in [1.29, 1.82) is 0 Å². The van der Waals surface area contributed by atoms with E-state index >= 15 is 0 Å². The Morgan fingerprint density at radius 2 is 1.40 bits per heavy atom. The first-order valence-electron chi connectivity index (χ1n) is 5.97. The van der Waals surface area contributed by atoms with Crippen LogP contribution in [0.4, 0.5) is 0 Å². The Hall–Kier alpha value is -1.59. The Bertz CT molecular complexity index is 803. The van der Waals surface area contributed by atoms with Crippen LogP contribution in [-0.2, 0) is 0 Å². The van der Waals surface area contributed by atoms with Gasteiger partial charge in [0.05, 0.1) is 11.4 Å². The lowest BCUT2D eigenvalue weighted by molar-refractivity contribution is 0.908. The quantitative estimate of drug-likeness (QED) is 0.642. The number of hydrogen-bond donors (Lipinski definition) is 0. The number of nitrogens with zero attached hydrogens (tertiary/aromatic N) is 2. The van der Waals surface area contributed by atoms with Crippen LogP contribution in [0, 0.1) is 0 Å². The van der Waals surface area contributed by atoms with E-state index in [1.54, 1.807) is 21.5 Å². The van der Waals surface area contributed by atoms with Crippen LogP contribution >= 0.6 is 31.9 Å². The van der Waals surface area contributed by atoms with Gasteiger partial charge >= 0.3 is 5.69 Å². The molecule has 3 rings (SSSR count). The molecule has 1 aromatic heterocycles. The molecule has 0 bridgehead atoms. The van der Waals surface area contributed by atoms with E-state index in [-0.39, 0.29) is 5.69 Å². The highest BCUT2D eigenvalue weighted by molar-refractivity contribution is 9.10. The van der Waals surface area contributed by atoms with E-state index < -0.39 is 0 Å². The largest absolute Gasteiger partial charge is 0.337 e. The molecule has 0 spiro atoms. The summed E-state index contributed by atoms with van der Waals surface area (Å²) in [6.45, 7) is 0. The third-order valence-corrected chi connectivity index (χ3v) is 3.99. The van der Waals surface area contributed by atoms with Crippen LogP contribution in [0.15, 0.2) is 74.7 Å². The summed E-state index contributed by atoms with van der Waals surface area (Å²) in [6.07, 6.45) is 3.54. The molecule has 0 atom stereocenters. The molecular formula is C15H10Br2N2O. The summed E-state index contributed by atoms with van der Waals surface area (Å²) in [5, 5.41) is 0. The molecule has 20 heavy (non-hydrogen) atoms. The Morgan fingerprint density at radius 3 is 2.05 bits per heavy atom. The smallest absolute Gasteiger partial charge is 0.268 e. The molecular weight excluding hydrogens is 384 g/mol. The number of benzene rings is 2. The minimum atomic E-state index is -0.0922. The molecule has 0 aliphatic carbocycles. The molecule has 0 aliphatic rings. The van der Waals surface area contributed by atoms with Crippen molar-refractivity contribution in [3.05, 3.63) is 80.4 Å². The Balaban J connectivity index is 2.09. The zero-order valence-electron chi connectivity index (χ0n) is 10.3. The molecule has 1 heterocycles. The molecule has 0 aliphatic heterocycles. The summed E-state index contributed by atoms with van der Waals surface area (Å²) >= 11 is 6.80. The highest BCUT2D eigenvalue weighted by Crippen LogP contribution is 2.16. The third kappa shape index (κ3) is 2.51. The lowest BCUT2D eigenvalue weighted by Gasteiger charge is -2.03. The highest BCUT2D eigenvalue weighted by atomic mass is 79.9. The Labute approximate surface area is 132 Å². The average molecular weight is 394 g/mol. The van der Waals surface area contributed by atoms with E-state index in [0.29, 0.717) is 0 Å². The molecule has 2 aromatic carbocycles. The molecule has 0 N–H and O–H groups in total. The first-order chi connectivity index (χ1) is 9.65. The van der Waals surface area contributed by atoms with Gasteiger partial charge in [-0.05, 0) is 42.5 Å². The van der Waals surface area contributed by atoms with Gasteiger partial charge in [0.25, 0.3) is 0 Å². The van der Waals surface area contributed by atoms with Gasteiger partial charge in [0.2, 0.25) is 0 Å². The fourth-order valence-electron chi connectivity index (χ4n) is 2.00. The summed E-state index contributed by atoms with van der Waals surface area (Å²) in [5.41, 5.74) is 1.58. The fraction of sp³-hybridized carbons (Fsp3) is 0. The van der Waals surface area contributed by atoms with Gasteiger partial charge in [0.15, 0.2) is 0 Å². The predicted molar refractivity (Wildman–Crippen MR) is 86.8 cm³/mol. The molecule has 0 fully saturated rings. The minimum absolute atomic E-state index is 0.0922. The van der Waals surface area contributed by atoms with Gasteiger partial charge in [-0.1, -0.05) is 37.9 Å². The maximum atomic E-state index is 12.5. The van der Waals surface area contributed by atoms with E-state index in [1.807, 2.05) is 48.5 Å². The molecule has 0 saturated heterocycles. The summed E-state index contributed by atoms with van der Waals surface area (Å²) in [4.78, 5) is 12.5. The molecule has 5 heteroatoms. The second-order valence-corrected chi connectivity index (χ2v) is 6.11. The van der Waals surface area contributed by atoms with Gasteiger partial charge in [0.1, 0.15) is 0 Å². The van der Waals surface area contributed by atoms with Crippen LogP contribution in [0.5, 0.6) is 0 Å². The van der Waals surface area contributed by atoms with Crippen molar-refractivity contribution in [3.63, 3.8) is 0 Å². The Kier molecular flexibility index (Phi) is 3.63. The summed E-state index contributed by atoms with van der Waals surface area (Å²) < 4.78 is 5.17. The predicted octanol–water partition coefficient (Wildman–Crippen LogP) is 4.15. The van der Waals surface area contributed by atoms with Crippen molar-refractivity contribution in [1.82, 2.24) is 9.13 Å². The molecule has 100 valence electrons.